The molecule has 1 fully saturated rings. The van der Waals surface area contributed by atoms with E-state index in [1.807, 2.05) is 6.08 Å². The van der Waals surface area contributed by atoms with E-state index in [1.165, 1.54) is 13.5 Å². The monoisotopic (exact) mass is 167 g/mol. The van der Waals surface area contributed by atoms with E-state index in [4.69, 9.17) is 0 Å². The normalized spacial score (nSPS) is 32.9. The Balaban J connectivity index is 2.13. The maximum atomic E-state index is 11.2. The molecule has 0 aliphatic carbocycles. The van der Waals surface area contributed by atoms with E-state index >= 15 is 0 Å². The molecular weight excluding hydrogens is 154 g/mol. The van der Waals surface area contributed by atoms with Gasteiger partial charge in [-0.25, -0.2) is 4.79 Å². The van der Waals surface area contributed by atoms with E-state index in [-0.39, 0.29) is 5.97 Å². The first-order valence-electron chi connectivity index (χ1n) is 4.34. The molecule has 0 spiro atoms. The lowest BCUT2D eigenvalue weighted by atomic mass is 10.0. The van der Waals surface area contributed by atoms with Crippen molar-refractivity contribution in [1.82, 2.24) is 5.32 Å². The van der Waals surface area contributed by atoms with Crippen molar-refractivity contribution in [2.45, 2.75) is 31.3 Å². The fourth-order valence-corrected chi connectivity index (χ4v) is 2.00. The van der Waals surface area contributed by atoms with Gasteiger partial charge in [-0.15, -0.1) is 0 Å². The Morgan fingerprint density at radius 2 is 2.50 bits per heavy atom. The summed E-state index contributed by atoms with van der Waals surface area (Å²) in [4.78, 5) is 11.2. The molecule has 2 heterocycles. The van der Waals surface area contributed by atoms with Crippen LogP contribution in [0.4, 0.5) is 0 Å². The quantitative estimate of drug-likeness (QED) is 0.581. The molecule has 12 heavy (non-hydrogen) atoms. The lowest BCUT2D eigenvalue weighted by molar-refractivity contribution is -0.136. The largest absolute Gasteiger partial charge is 0.466 e. The Bertz CT molecular complexity index is 235. The first-order valence-corrected chi connectivity index (χ1v) is 4.34. The molecule has 0 saturated carbocycles. The zero-order valence-electron chi connectivity index (χ0n) is 7.17. The van der Waals surface area contributed by atoms with Gasteiger partial charge in [0.1, 0.15) is 0 Å². The Morgan fingerprint density at radius 3 is 3.17 bits per heavy atom. The molecule has 2 aliphatic rings. The molecule has 66 valence electrons. The maximum Gasteiger partial charge on any atom is 0.333 e. The molecule has 3 heteroatoms. The second-order valence-corrected chi connectivity index (χ2v) is 3.44. The number of carbonyl (C=O) groups excluding carboxylic acids is 1. The highest BCUT2D eigenvalue weighted by Crippen LogP contribution is 2.26. The first kappa shape index (κ1) is 7.80. The van der Waals surface area contributed by atoms with Crippen LogP contribution in [0.15, 0.2) is 11.6 Å². The number of nitrogens with one attached hydrogen (secondary N) is 1. The summed E-state index contributed by atoms with van der Waals surface area (Å²) >= 11 is 0. The van der Waals surface area contributed by atoms with Crippen LogP contribution in [-0.2, 0) is 9.53 Å². The molecule has 1 saturated heterocycles. The van der Waals surface area contributed by atoms with Crippen molar-refractivity contribution >= 4 is 5.97 Å². The van der Waals surface area contributed by atoms with Crippen LogP contribution in [0.3, 0.4) is 0 Å². The summed E-state index contributed by atoms with van der Waals surface area (Å²) in [6.07, 6.45) is 5.19. The maximum absolute atomic E-state index is 11.2. The Morgan fingerprint density at radius 1 is 1.67 bits per heavy atom. The number of methoxy groups -OCH3 is 1. The number of fused-ring (bicyclic) bond motifs is 2. The van der Waals surface area contributed by atoms with Gasteiger partial charge in [-0.1, -0.05) is 6.08 Å². The molecule has 2 bridgehead atoms. The molecule has 0 aromatic carbocycles. The lowest BCUT2D eigenvalue weighted by Crippen LogP contribution is -2.34. The molecule has 2 rings (SSSR count). The fraction of sp³-hybridized carbons (Fsp3) is 0.667. The second-order valence-electron chi connectivity index (χ2n) is 3.44. The Kier molecular flexibility index (Phi) is 1.89. The summed E-state index contributed by atoms with van der Waals surface area (Å²) < 4.78 is 4.68. The molecule has 0 amide bonds. The Hall–Kier alpha value is -0.830. The highest BCUT2D eigenvalue weighted by molar-refractivity contribution is 5.88. The number of hydrogen-bond donors (Lipinski definition) is 1. The minimum absolute atomic E-state index is 0.159. The smallest absolute Gasteiger partial charge is 0.333 e. The van der Waals surface area contributed by atoms with E-state index in [2.05, 4.69) is 10.1 Å². The zero-order chi connectivity index (χ0) is 8.55. The van der Waals surface area contributed by atoms with Gasteiger partial charge in [-0.3, -0.25) is 0 Å². The average Bonchev–Trinajstić information content (AvgIpc) is 2.44. The number of carbonyl (C=O) groups is 1. The van der Waals surface area contributed by atoms with Crippen molar-refractivity contribution < 1.29 is 9.53 Å². The predicted octanol–water partition coefficient (Wildman–Crippen LogP) is 0.610. The molecule has 0 radical (unpaired) electrons. The predicted molar refractivity (Wildman–Crippen MR) is 44.7 cm³/mol. The third-order valence-electron chi connectivity index (χ3n) is 2.59. The van der Waals surface area contributed by atoms with Gasteiger partial charge >= 0.3 is 5.97 Å². The fourth-order valence-electron chi connectivity index (χ4n) is 2.00. The number of esters is 1. The summed E-state index contributed by atoms with van der Waals surface area (Å²) in [6, 6.07) is 0.923. The van der Waals surface area contributed by atoms with E-state index in [0.717, 1.165) is 18.4 Å². The van der Waals surface area contributed by atoms with Gasteiger partial charge in [0.2, 0.25) is 0 Å². The third kappa shape index (κ3) is 1.25. The van der Waals surface area contributed by atoms with Crippen LogP contribution in [0.25, 0.3) is 0 Å². The van der Waals surface area contributed by atoms with Crippen molar-refractivity contribution in [3.05, 3.63) is 11.6 Å². The van der Waals surface area contributed by atoms with Crippen LogP contribution in [0.2, 0.25) is 0 Å². The summed E-state index contributed by atoms with van der Waals surface area (Å²) in [5, 5.41) is 3.42. The summed E-state index contributed by atoms with van der Waals surface area (Å²) in [7, 11) is 1.44. The highest BCUT2D eigenvalue weighted by Gasteiger charge is 2.30. The first-order chi connectivity index (χ1) is 5.79. The number of hydrogen-bond acceptors (Lipinski definition) is 3. The SMILES string of the molecule is COC(=O)C1=CC2CCC(C1)N2. The molecule has 2 aliphatic heterocycles. The summed E-state index contributed by atoms with van der Waals surface area (Å²) in [5.74, 6) is -0.159. The molecule has 2 unspecified atom stereocenters. The molecule has 2 atom stereocenters. The van der Waals surface area contributed by atoms with Crippen LogP contribution in [0, 0.1) is 0 Å². The molecule has 0 aromatic rings. The van der Waals surface area contributed by atoms with Gasteiger partial charge in [-0.2, -0.15) is 0 Å². The van der Waals surface area contributed by atoms with Crippen LogP contribution in [0.1, 0.15) is 19.3 Å². The number of ether oxygens (including phenoxy) is 1. The lowest BCUT2D eigenvalue weighted by Gasteiger charge is -2.19. The van der Waals surface area contributed by atoms with Crippen molar-refractivity contribution in [2.24, 2.45) is 0 Å². The average molecular weight is 167 g/mol. The van der Waals surface area contributed by atoms with E-state index in [1.54, 1.807) is 0 Å². The molecule has 3 nitrogen and oxygen atoms in total. The van der Waals surface area contributed by atoms with Crippen molar-refractivity contribution in [2.75, 3.05) is 7.11 Å². The van der Waals surface area contributed by atoms with Gasteiger partial charge in [0, 0.05) is 17.7 Å². The minimum Gasteiger partial charge on any atom is -0.466 e. The van der Waals surface area contributed by atoms with E-state index in [0.29, 0.717) is 12.1 Å². The second kappa shape index (κ2) is 2.90. The minimum atomic E-state index is -0.159. The van der Waals surface area contributed by atoms with Crippen molar-refractivity contribution in [3.8, 4) is 0 Å². The zero-order valence-corrected chi connectivity index (χ0v) is 7.17. The van der Waals surface area contributed by atoms with Gasteiger partial charge < -0.3 is 10.1 Å². The van der Waals surface area contributed by atoms with E-state index in [9.17, 15) is 4.79 Å². The molecule has 1 N–H and O–H groups in total. The van der Waals surface area contributed by atoms with Gasteiger partial charge in [0.25, 0.3) is 0 Å². The van der Waals surface area contributed by atoms with Crippen molar-refractivity contribution in [1.29, 1.82) is 0 Å². The van der Waals surface area contributed by atoms with Crippen LogP contribution < -0.4 is 5.32 Å². The van der Waals surface area contributed by atoms with Gasteiger partial charge in [0.05, 0.1) is 7.11 Å². The number of rotatable bonds is 1. The summed E-state index contributed by atoms with van der Waals surface area (Å²) in [5.41, 5.74) is 0.851. The van der Waals surface area contributed by atoms with E-state index < -0.39 is 0 Å². The van der Waals surface area contributed by atoms with Gasteiger partial charge in [-0.05, 0) is 19.3 Å². The van der Waals surface area contributed by atoms with Crippen molar-refractivity contribution in [3.63, 3.8) is 0 Å². The topological polar surface area (TPSA) is 38.3 Å². The van der Waals surface area contributed by atoms with Gasteiger partial charge in [0.15, 0.2) is 0 Å². The standard InChI is InChI=1S/C9H13NO2/c1-12-9(11)6-4-7-2-3-8(5-6)10-7/h4,7-8,10H,2-3,5H2,1H3. The highest BCUT2D eigenvalue weighted by atomic mass is 16.5. The molecular formula is C9H13NO2. The summed E-state index contributed by atoms with van der Waals surface area (Å²) in [6.45, 7) is 0. The van der Waals surface area contributed by atoms with Crippen LogP contribution in [-0.4, -0.2) is 25.2 Å². The molecule has 0 aromatic heterocycles. The third-order valence-corrected chi connectivity index (χ3v) is 2.59. The van der Waals surface area contributed by atoms with Crippen LogP contribution in [0.5, 0.6) is 0 Å². The van der Waals surface area contributed by atoms with Crippen LogP contribution >= 0.6 is 0 Å². The Labute approximate surface area is 71.8 Å².